The van der Waals surface area contributed by atoms with E-state index in [1.54, 1.807) is 6.33 Å². The maximum atomic E-state index is 12.5. The Balaban J connectivity index is 1.65. The molecule has 1 aliphatic heterocycles. The van der Waals surface area contributed by atoms with E-state index < -0.39 is 0 Å². The second kappa shape index (κ2) is 7.77. The topological polar surface area (TPSA) is 80.9 Å². The number of aromatic nitrogens is 5. The Kier molecular flexibility index (Phi) is 5.47. The normalized spacial score (nSPS) is 15.2. The van der Waals surface area contributed by atoms with Gasteiger partial charge in [-0.25, -0.2) is 0 Å². The number of amides is 1. The summed E-state index contributed by atoms with van der Waals surface area (Å²) in [5.41, 5.74) is 1.58. The third-order valence-electron chi connectivity index (χ3n) is 4.57. The number of nitrogens with one attached hydrogen (secondary N) is 1. The minimum Gasteiger partial charge on any atom is -0.343 e. The molecule has 0 spiro atoms. The highest BCUT2D eigenvalue weighted by Gasteiger charge is 2.21. The van der Waals surface area contributed by atoms with Gasteiger partial charge in [-0.05, 0) is 32.8 Å². The van der Waals surface area contributed by atoms with Gasteiger partial charge in [-0.1, -0.05) is 6.92 Å². The van der Waals surface area contributed by atoms with Crippen molar-refractivity contribution in [3.63, 3.8) is 0 Å². The number of hydrogen-bond acceptors (Lipinski definition) is 5. The van der Waals surface area contributed by atoms with Crippen molar-refractivity contribution < 1.29 is 4.79 Å². The van der Waals surface area contributed by atoms with Crippen molar-refractivity contribution in [2.24, 2.45) is 0 Å². The summed E-state index contributed by atoms with van der Waals surface area (Å²) in [7, 11) is 0. The zero-order chi connectivity index (χ0) is 17.8. The summed E-state index contributed by atoms with van der Waals surface area (Å²) in [6.45, 7) is 10.5. The molecule has 1 N–H and O–H groups in total. The fraction of sp³-hybridized carbons (Fsp3) is 0.647. The lowest BCUT2D eigenvalue weighted by atomic mass is 10.2. The highest BCUT2D eigenvalue weighted by molar-refractivity contribution is 5.92. The maximum Gasteiger partial charge on any atom is 0.272 e. The quantitative estimate of drug-likeness (QED) is 0.856. The maximum absolute atomic E-state index is 12.5. The summed E-state index contributed by atoms with van der Waals surface area (Å²) in [4.78, 5) is 14.9. The lowest BCUT2D eigenvalue weighted by Gasteiger charge is -2.23. The molecule has 2 aromatic heterocycles. The number of fused-ring (bicyclic) bond motifs is 1. The van der Waals surface area contributed by atoms with Gasteiger partial charge >= 0.3 is 0 Å². The van der Waals surface area contributed by atoms with Crippen LogP contribution in [0, 0.1) is 0 Å². The van der Waals surface area contributed by atoms with Crippen LogP contribution in [-0.4, -0.2) is 47.9 Å². The second-order valence-corrected chi connectivity index (χ2v) is 6.79. The van der Waals surface area contributed by atoms with Gasteiger partial charge in [0.25, 0.3) is 5.91 Å². The summed E-state index contributed by atoms with van der Waals surface area (Å²) in [5.74, 6) is 0.602. The first kappa shape index (κ1) is 17.6. The number of nitrogens with zero attached hydrogens (tertiary/aromatic N) is 6. The van der Waals surface area contributed by atoms with E-state index in [0.717, 1.165) is 50.5 Å². The van der Waals surface area contributed by atoms with Crippen molar-refractivity contribution in [1.29, 1.82) is 0 Å². The molecule has 0 radical (unpaired) electrons. The van der Waals surface area contributed by atoms with E-state index in [2.05, 4.69) is 46.3 Å². The summed E-state index contributed by atoms with van der Waals surface area (Å²) in [6, 6.07) is 2.40. The van der Waals surface area contributed by atoms with E-state index >= 15 is 0 Å². The molecule has 0 aliphatic carbocycles. The lowest BCUT2D eigenvalue weighted by Crippen LogP contribution is -2.30. The van der Waals surface area contributed by atoms with Crippen molar-refractivity contribution >= 4 is 5.91 Å². The molecule has 0 aromatic carbocycles. The van der Waals surface area contributed by atoms with E-state index in [9.17, 15) is 4.79 Å². The predicted molar refractivity (Wildman–Crippen MR) is 93.9 cm³/mol. The molecule has 136 valence electrons. The van der Waals surface area contributed by atoms with Crippen LogP contribution in [0.1, 0.15) is 55.6 Å². The molecule has 3 heterocycles. The third kappa shape index (κ3) is 4.07. The van der Waals surface area contributed by atoms with Crippen LogP contribution in [0.5, 0.6) is 0 Å². The van der Waals surface area contributed by atoms with Crippen LogP contribution in [0.3, 0.4) is 0 Å². The Morgan fingerprint density at radius 3 is 2.96 bits per heavy atom. The average Bonchev–Trinajstić information content (AvgIpc) is 3.14. The van der Waals surface area contributed by atoms with Gasteiger partial charge in [-0.3, -0.25) is 14.4 Å². The van der Waals surface area contributed by atoms with Gasteiger partial charge in [0, 0.05) is 32.2 Å². The van der Waals surface area contributed by atoms with Gasteiger partial charge in [-0.2, -0.15) is 5.10 Å². The second-order valence-electron chi connectivity index (χ2n) is 6.79. The zero-order valence-corrected chi connectivity index (χ0v) is 15.3. The van der Waals surface area contributed by atoms with Crippen LogP contribution in [0.15, 0.2) is 12.4 Å². The van der Waals surface area contributed by atoms with Crippen LogP contribution < -0.4 is 5.32 Å². The Hall–Kier alpha value is -2.22. The van der Waals surface area contributed by atoms with Crippen LogP contribution in [0.2, 0.25) is 0 Å². The van der Waals surface area contributed by atoms with Gasteiger partial charge < -0.3 is 9.88 Å². The van der Waals surface area contributed by atoms with Gasteiger partial charge in [0.15, 0.2) is 11.5 Å². The van der Waals surface area contributed by atoms with E-state index in [1.807, 2.05) is 15.3 Å². The summed E-state index contributed by atoms with van der Waals surface area (Å²) in [6.07, 6.45) is 3.75. The predicted octanol–water partition coefficient (Wildman–Crippen LogP) is 1.43. The van der Waals surface area contributed by atoms with Crippen molar-refractivity contribution in [3.05, 3.63) is 29.6 Å². The van der Waals surface area contributed by atoms with Crippen LogP contribution in [-0.2, 0) is 26.2 Å². The summed E-state index contributed by atoms with van der Waals surface area (Å²) in [5, 5.41) is 15.4. The number of hydrogen-bond donors (Lipinski definition) is 1. The lowest BCUT2D eigenvalue weighted by molar-refractivity contribution is 0.0943. The van der Waals surface area contributed by atoms with E-state index in [4.69, 9.17) is 0 Å². The molecule has 0 saturated carbocycles. The SMILES string of the molecule is CCCn1cnnc1CNC(=O)c1cc2n(n1)CCCN(C(C)C)C2. The molecule has 1 aliphatic rings. The van der Waals surface area contributed by atoms with Crippen molar-refractivity contribution in [2.45, 2.75) is 65.8 Å². The zero-order valence-electron chi connectivity index (χ0n) is 15.3. The van der Waals surface area contributed by atoms with Crippen molar-refractivity contribution in [1.82, 2.24) is 34.8 Å². The number of aryl methyl sites for hydroxylation is 2. The van der Waals surface area contributed by atoms with Crippen molar-refractivity contribution in [2.75, 3.05) is 6.54 Å². The fourth-order valence-corrected chi connectivity index (χ4v) is 3.13. The summed E-state index contributed by atoms with van der Waals surface area (Å²) >= 11 is 0. The molecule has 0 unspecified atom stereocenters. The highest BCUT2D eigenvalue weighted by Crippen LogP contribution is 2.16. The minimum absolute atomic E-state index is 0.164. The molecule has 0 fully saturated rings. The Bertz CT molecular complexity index is 718. The van der Waals surface area contributed by atoms with E-state index in [-0.39, 0.29) is 5.91 Å². The Morgan fingerprint density at radius 2 is 2.20 bits per heavy atom. The molecule has 8 heteroatoms. The highest BCUT2D eigenvalue weighted by atomic mass is 16.1. The Labute approximate surface area is 148 Å². The van der Waals surface area contributed by atoms with Gasteiger partial charge in [0.1, 0.15) is 6.33 Å². The molecule has 2 aromatic rings. The first-order chi connectivity index (χ1) is 12.1. The smallest absolute Gasteiger partial charge is 0.272 e. The molecule has 0 saturated heterocycles. The summed E-state index contributed by atoms with van der Waals surface area (Å²) < 4.78 is 3.93. The number of carbonyl (C=O) groups excluding carboxylic acids is 1. The number of rotatable bonds is 6. The molecule has 25 heavy (non-hydrogen) atoms. The van der Waals surface area contributed by atoms with Gasteiger partial charge in [0.2, 0.25) is 0 Å². The molecule has 8 nitrogen and oxygen atoms in total. The van der Waals surface area contributed by atoms with Gasteiger partial charge in [-0.15, -0.1) is 10.2 Å². The molecular formula is C17H27N7O. The van der Waals surface area contributed by atoms with Gasteiger partial charge in [0.05, 0.1) is 12.2 Å². The van der Waals surface area contributed by atoms with Crippen molar-refractivity contribution in [3.8, 4) is 0 Å². The molecule has 3 rings (SSSR count). The molecule has 0 bridgehead atoms. The minimum atomic E-state index is -0.164. The van der Waals surface area contributed by atoms with E-state index in [1.165, 1.54) is 0 Å². The number of carbonyl (C=O) groups is 1. The van der Waals surface area contributed by atoms with E-state index in [0.29, 0.717) is 18.3 Å². The molecular weight excluding hydrogens is 318 g/mol. The molecule has 0 atom stereocenters. The first-order valence-corrected chi connectivity index (χ1v) is 9.04. The Morgan fingerprint density at radius 1 is 1.36 bits per heavy atom. The first-order valence-electron chi connectivity index (χ1n) is 9.04. The average molecular weight is 345 g/mol. The monoisotopic (exact) mass is 345 g/mol. The molecule has 1 amide bonds. The largest absolute Gasteiger partial charge is 0.343 e. The standard InChI is InChI=1S/C17H27N7O/c1-4-6-23-12-19-20-16(23)10-18-17(25)15-9-14-11-22(13(2)3)7-5-8-24(14)21-15/h9,12-13H,4-8,10-11H2,1-3H3,(H,18,25). The fourth-order valence-electron chi connectivity index (χ4n) is 3.13. The third-order valence-corrected chi connectivity index (χ3v) is 4.57. The van der Waals surface area contributed by atoms with Crippen LogP contribution in [0.25, 0.3) is 0 Å². The van der Waals surface area contributed by atoms with Crippen LogP contribution >= 0.6 is 0 Å². The van der Waals surface area contributed by atoms with Crippen LogP contribution in [0.4, 0.5) is 0 Å².